The molecular weight excluding hydrogens is 329 g/mol. The van der Waals surface area contributed by atoms with Gasteiger partial charge in [0.1, 0.15) is 5.82 Å². The fourth-order valence-electron chi connectivity index (χ4n) is 2.55. The maximum absolute atomic E-state index is 13.7. The van der Waals surface area contributed by atoms with Crippen molar-refractivity contribution in [3.05, 3.63) is 62.8 Å². The molecule has 0 aliphatic heterocycles. The van der Waals surface area contributed by atoms with Crippen LogP contribution in [0.2, 0.25) is 5.02 Å². The lowest BCUT2D eigenvalue weighted by atomic mass is 10.1. The van der Waals surface area contributed by atoms with E-state index in [2.05, 4.69) is 21.2 Å². The maximum Gasteiger partial charge on any atom is 0.126 e. The van der Waals surface area contributed by atoms with Crippen LogP contribution in [0, 0.1) is 5.82 Å². The molecule has 0 fully saturated rings. The largest absolute Gasteiger partial charge is 0.377 e. The fraction of sp³-hybridized carbons (Fsp3) is 0.200. The predicted octanol–water partition coefficient (Wildman–Crippen LogP) is 5.34. The minimum Gasteiger partial charge on any atom is -0.377 e. The first kappa shape index (κ1) is 12.9. The molecule has 0 radical (unpaired) electrons. The van der Waals surface area contributed by atoms with Crippen LogP contribution in [0.3, 0.4) is 0 Å². The average Bonchev–Trinajstić information content (AvgIpc) is 2.78. The first-order valence-electron chi connectivity index (χ1n) is 6.14. The van der Waals surface area contributed by atoms with Crippen molar-refractivity contribution in [2.45, 2.75) is 18.9 Å². The van der Waals surface area contributed by atoms with Crippen molar-refractivity contribution >= 4 is 33.2 Å². The zero-order valence-corrected chi connectivity index (χ0v) is 12.4. The normalized spacial score (nSPS) is 17.3. The fourth-order valence-corrected chi connectivity index (χ4v) is 3.28. The van der Waals surface area contributed by atoms with Gasteiger partial charge in [-0.2, -0.15) is 0 Å². The molecule has 1 unspecified atom stereocenters. The third kappa shape index (κ3) is 2.49. The summed E-state index contributed by atoms with van der Waals surface area (Å²) < 4.78 is 14.6. The smallest absolute Gasteiger partial charge is 0.126 e. The number of fused-ring (bicyclic) bond motifs is 1. The highest BCUT2D eigenvalue weighted by atomic mass is 79.9. The van der Waals surface area contributed by atoms with Crippen LogP contribution in [0.5, 0.6) is 0 Å². The molecule has 0 amide bonds. The topological polar surface area (TPSA) is 12.0 Å². The molecule has 0 bridgehead atoms. The van der Waals surface area contributed by atoms with Crippen molar-refractivity contribution < 1.29 is 4.39 Å². The van der Waals surface area contributed by atoms with E-state index in [4.69, 9.17) is 11.6 Å². The Morgan fingerprint density at radius 1 is 1.26 bits per heavy atom. The van der Waals surface area contributed by atoms with E-state index in [9.17, 15) is 4.39 Å². The number of nitrogens with one attached hydrogen (secondary N) is 1. The number of hydrogen-bond donors (Lipinski definition) is 1. The third-order valence-corrected chi connectivity index (χ3v) is 4.28. The highest BCUT2D eigenvalue weighted by Gasteiger charge is 2.25. The lowest BCUT2D eigenvalue weighted by Gasteiger charge is -2.17. The number of rotatable bonds is 2. The van der Waals surface area contributed by atoms with Gasteiger partial charge in [0.25, 0.3) is 0 Å². The van der Waals surface area contributed by atoms with Crippen molar-refractivity contribution in [2.24, 2.45) is 0 Å². The molecule has 1 atom stereocenters. The first-order valence-corrected chi connectivity index (χ1v) is 7.31. The van der Waals surface area contributed by atoms with Gasteiger partial charge in [0, 0.05) is 4.47 Å². The minimum absolute atomic E-state index is 0.108. The summed E-state index contributed by atoms with van der Waals surface area (Å²) in [5.41, 5.74) is 2.75. The van der Waals surface area contributed by atoms with E-state index in [1.54, 1.807) is 6.07 Å². The Hall–Kier alpha value is -1.06. The summed E-state index contributed by atoms with van der Waals surface area (Å²) in [6.07, 6.45) is 1.66. The molecule has 3 rings (SSSR count). The zero-order chi connectivity index (χ0) is 13.4. The van der Waals surface area contributed by atoms with Gasteiger partial charge in [-0.25, -0.2) is 4.39 Å². The van der Waals surface area contributed by atoms with Gasteiger partial charge in [0.05, 0.1) is 16.8 Å². The lowest BCUT2D eigenvalue weighted by Crippen LogP contribution is -2.07. The standard InChI is InChI=1S/C15H12BrClFN/c16-9-4-6-15(12(17)8-9)19-14-7-5-10-11(14)2-1-3-13(10)18/h1-4,6,8,14,19H,5,7H2. The van der Waals surface area contributed by atoms with Crippen molar-refractivity contribution in [1.82, 2.24) is 0 Å². The molecule has 19 heavy (non-hydrogen) atoms. The van der Waals surface area contributed by atoms with Crippen molar-refractivity contribution in [3.8, 4) is 0 Å². The second-order valence-electron chi connectivity index (χ2n) is 4.67. The molecule has 2 aromatic rings. The molecule has 2 aromatic carbocycles. The van der Waals surface area contributed by atoms with E-state index >= 15 is 0 Å². The Kier molecular flexibility index (Phi) is 3.50. The minimum atomic E-state index is -0.108. The molecule has 1 aliphatic carbocycles. The highest BCUT2D eigenvalue weighted by molar-refractivity contribution is 9.10. The molecule has 4 heteroatoms. The molecule has 1 aliphatic rings. The van der Waals surface area contributed by atoms with Crippen LogP contribution in [-0.2, 0) is 6.42 Å². The SMILES string of the molecule is Fc1cccc2c1CCC2Nc1ccc(Br)cc1Cl. The second-order valence-corrected chi connectivity index (χ2v) is 5.99. The van der Waals surface area contributed by atoms with Crippen LogP contribution in [0.25, 0.3) is 0 Å². The molecule has 0 saturated carbocycles. The Labute approximate surface area is 124 Å². The predicted molar refractivity (Wildman–Crippen MR) is 80.2 cm³/mol. The lowest BCUT2D eigenvalue weighted by molar-refractivity contribution is 0.612. The molecular formula is C15H12BrClFN. The maximum atomic E-state index is 13.7. The molecule has 98 valence electrons. The Balaban J connectivity index is 1.89. The number of benzene rings is 2. The van der Waals surface area contributed by atoms with E-state index in [-0.39, 0.29) is 11.9 Å². The van der Waals surface area contributed by atoms with Gasteiger partial charge in [0.2, 0.25) is 0 Å². The van der Waals surface area contributed by atoms with E-state index in [0.29, 0.717) is 5.02 Å². The van der Waals surface area contributed by atoms with Crippen LogP contribution >= 0.6 is 27.5 Å². The molecule has 1 N–H and O–H groups in total. The van der Waals surface area contributed by atoms with Crippen molar-refractivity contribution in [2.75, 3.05) is 5.32 Å². The van der Waals surface area contributed by atoms with Crippen LogP contribution in [0.4, 0.5) is 10.1 Å². The quantitative estimate of drug-likeness (QED) is 0.778. The Bertz CT molecular complexity index is 630. The zero-order valence-electron chi connectivity index (χ0n) is 10.1. The first-order chi connectivity index (χ1) is 9.15. The van der Waals surface area contributed by atoms with Crippen LogP contribution in [-0.4, -0.2) is 0 Å². The summed E-state index contributed by atoms with van der Waals surface area (Å²) in [4.78, 5) is 0. The third-order valence-electron chi connectivity index (χ3n) is 3.47. The van der Waals surface area contributed by atoms with Gasteiger partial charge in [0.15, 0.2) is 0 Å². The van der Waals surface area contributed by atoms with Crippen LogP contribution < -0.4 is 5.32 Å². The van der Waals surface area contributed by atoms with E-state index in [1.165, 1.54) is 6.07 Å². The molecule has 1 nitrogen and oxygen atoms in total. The second kappa shape index (κ2) is 5.14. The monoisotopic (exact) mass is 339 g/mol. The Morgan fingerprint density at radius 3 is 2.89 bits per heavy atom. The number of halogens is 3. The van der Waals surface area contributed by atoms with E-state index in [0.717, 1.165) is 34.1 Å². The van der Waals surface area contributed by atoms with Gasteiger partial charge in [-0.1, -0.05) is 39.7 Å². The van der Waals surface area contributed by atoms with Crippen LogP contribution in [0.1, 0.15) is 23.6 Å². The molecule has 0 saturated heterocycles. The summed E-state index contributed by atoms with van der Waals surface area (Å²) in [5, 5.41) is 4.07. The van der Waals surface area contributed by atoms with Crippen molar-refractivity contribution in [1.29, 1.82) is 0 Å². The van der Waals surface area contributed by atoms with Gasteiger partial charge in [-0.3, -0.25) is 0 Å². The van der Waals surface area contributed by atoms with Gasteiger partial charge >= 0.3 is 0 Å². The summed E-state index contributed by atoms with van der Waals surface area (Å²) in [5.74, 6) is -0.108. The number of anilines is 1. The van der Waals surface area contributed by atoms with Crippen molar-refractivity contribution in [3.63, 3.8) is 0 Å². The molecule has 0 aromatic heterocycles. The van der Waals surface area contributed by atoms with E-state index in [1.807, 2.05) is 24.3 Å². The average molecular weight is 341 g/mol. The van der Waals surface area contributed by atoms with Gasteiger partial charge in [-0.05, 0) is 48.2 Å². The molecule has 0 heterocycles. The number of hydrogen-bond acceptors (Lipinski definition) is 1. The van der Waals surface area contributed by atoms with Gasteiger partial charge in [-0.15, -0.1) is 0 Å². The van der Waals surface area contributed by atoms with Gasteiger partial charge < -0.3 is 5.32 Å². The highest BCUT2D eigenvalue weighted by Crippen LogP contribution is 2.37. The molecule has 0 spiro atoms. The summed E-state index contributed by atoms with van der Waals surface area (Å²) >= 11 is 9.58. The summed E-state index contributed by atoms with van der Waals surface area (Å²) in [7, 11) is 0. The Morgan fingerprint density at radius 2 is 2.11 bits per heavy atom. The van der Waals surface area contributed by atoms with E-state index < -0.39 is 0 Å². The summed E-state index contributed by atoms with van der Waals surface area (Å²) in [6.45, 7) is 0. The summed E-state index contributed by atoms with van der Waals surface area (Å²) in [6, 6.07) is 11.1. The van der Waals surface area contributed by atoms with Crippen LogP contribution in [0.15, 0.2) is 40.9 Å².